The molecule has 1 aromatic carbocycles. The third kappa shape index (κ3) is 6.36. The smallest absolute Gasteiger partial charge is 0.164 e. The summed E-state index contributed by atoms with van der Waals surface area (Å²) in [6.07, 6.45) is 0.539. The Bertz CT molecular complexity index is 373. The largest absolute Gasteiger partial charge is 0.491 e. The summed E-state index contributed by atoms with van der Waals surface area (Å²) in [5, 5.41) is 0. The highest BCUT2D eigenvalue weighted by Crippen LogP contribution is 2.13. The third-order valence-electron chi connectivity index (χ3n) is 2.66. The van der Waals surface area contributed by atoms with Gasteiger partial charge in [0.15, 0.2) is 5.78 Å². The minimum Gasteiger partial charge on any atom is -0.491 e. The number of benzene rings is 1. The molecular formula is C15H23NO3. The summed E-state index contributed by atoms with van der Waals surface area (Å²) in [7, 11) is 3.92. The Kier molecular flexibility index (Phi) is 7.15. The second kappa shape index (κ2) is 8.67. The Hall–Kier alpha value is -1.39. The molecule has 0 spiro atoms. The molecule has 4 heteroatoms. The highest BCUT2D eigenvalue weighted by atomic mass is 16.5. The lowest BCUT2D eigenvalue weighted by atomic mass is 10.1. The molecule has 1 rings (SSSR count). The van der Waals surface area contributed by atoms with Crippen molar-refractivity contribution in [3.05, 3.63) is 29.8 Å². The lowest BCUT2D eigenvalue weighted by molar-refractivity contribution is 0.0972. The van der Waals surface area contributed by atoms with Gasteiger partial charge in [0.2, 0.25) is 0 Å². The molecule has 0 unspecified atom stereocenters. The Morgan fingerprint density at radius 3 is 2.42 bits per heavy atom. The molecule has 0 saturated carbocycles. The van der Waals surface area contributed by atoms with E-state index in [9.17, 15) is 4.79 Å². The zero-order chi connectivity index (χ0) is 14.1. The second-order valence-corrected chi connectivity index (χ2v) is 4.55. The van der Waals surface area contributed by atoms with Crippen LogP contribution in [0.2, 0.25) is 0 Å². The van der Waals surface area contributed by atoms with E-state index in [0.29, 0.717) is 26.2 Å². The normalized spacial score (nSPS) is 10.7. The standard InChI is InChI=1S/C15H23NO3/c1-4-18-11-12-19-14-7-5-13(6-8-14)15(17)9-10-16(2)3/h5-8H,4,9-12H2,1-3H3. The number of Topliss-reactive ketones (excluding diaryl/α,β-unsaturated/α-hetero) is 1. The van der Waals surface area contributed by atoms with Crippen molar-refractivity contribution in [2.24, 2.45) is 0 Å². The average molecular weight is 265 g/mol. The number of carbonyl (C=O) groups excluding carboxylic acids is 1. The molecule has 0 aliphatic heterocycles. The monoisotopic (exact) mass is 265 g/mol. The number of hydrogen-bond donors (Lipinski definition) is 0. The molecule has 0 aliphatic carbocycles. The molecule has 0 saturated heterocycles. The maximum atomic E-state index is 11.9. The van der Waals surface area contributed by atoms with Crippen molar-refractivity contribution >= 4 is 5.78 Å². The van der Waals surface area contributed by atoms with Gasteiger partial charge in [-0.3, -0.25) is 4.79 Å². The van der Waals surface area contributed by atoms with Crippen LogP contribution in [-0.2, 0) is 4.74 Å². The fourth-order valence-electron chi connectivity index (χ4n) is 1.57. The number of hydrogen-bond acceptors (Lipinski definition) is 4. The molecule has 106 valence electrons. The van der Waals surface area contributed by atoms with E-state index < -0.39 is 0 Å². The van der Waals surface area contributed by atoms with Crippen molar-refractivity contribution in [3.63, 3.8) is 0 Å². The summed E-state index contributed by atoms with van der Waals surface area (Å²) in [4.78, 5) is 13.9. The van der Waals surface area contributed by atoms with Gasteiger partial charge in [-0.15, -0.1) is 0 Å². The van der Waals surface area contributed by atoms with Crippen molar-refractivity contribution in [1.29, 1.82) is 0 Å². The molecule has 0 radical (unpaired) electrons. The third-order valence-corrected chi connectivity index (χ3v) is 2.66. The molecular weight excluding hydrogens is 242 g/mol. The fourth-order valence-corrected chi connectivity index (χ4v) is 1.57. The first-order chi connectivity index (χ1) is 9.13. The predicted octanol–water partition coefficient (Wildman–Crippen LogP) is 2.24. The molecule has 1 aromatic rings. The summed E-state index contributed by atoms with van der Waals surface area (Å²) >= 11 is 0. The summed E-state index contributed by atoms with van der Waals surface area (Å²) < 4.78 is 10.7. The van der Waals surface area contributed by atoms with Crippen molar-refractivity contribution in [2.75, 3.05) is 40.5 Å². The van der Waals surface area contributed by atoms with Crippen LogP contribution < -0.4 is 4.74 Å². The van der Waals surface area contributed by atoms with E-state index in [0.717, 1.165) is 17.9 Å². The first-order valence-corrected chi connectivity index (χ1v) is 6.62. The van der Waals surface area contributed by atoms with Gasteiger partial charge in [-0.05, 0) is 45.3 Å². The van der Waals surface area contributed by atoms with E-state index in [1.165, 1.54) is 0 Å². The maximum Gasteiger partial charge on any atom is 0.164 e. The number of ether oxygens (including phenoxy) is 2. The molecule has 0 fully saturated rings. The van der Waals surface area contributed by atoms with E-state index in [4.69, 9.17) is 9.47 Å². The van der Waals surface area contributed by atoms with Gasteiger partial charge in [-0.2, -0.15) is 0 Å². The van der Waals surface area contributed by atoms with Crippen LogP contribution in [0, 0.1) is 0 Å². The van der Waals surface area contributed by atoms with E-state index >= 15 is 0 Å². The summed E-state index contributed by atoms with van der Waals surface area (Å²) in [5.41, 5.74) is 0.735. The minimum atomic E-state index is 0.162. The van der Waals surface area contributed by atoms with Crippen LogP contribution >= 0.6 is 0 Å². The van der Waals surface area contributed by atoms with Crippen LogP contribution in [0.15, 0.2) is 24.3 Å². The first kappa shape index (κ1) is 15.7. The topological polar surface area (TPSA) is 38.8 Å². The van der Waals surface area contributed by atoms with E-state index in [1.54, 1.807) is 0 Å². The van der Waals surface area contributed by atoms with Gasteiger partial charge < -0.3 is 14.4 Å². The van der Waals surface area contributed by atoms with Crippen LogP contribution in [-0.4, -0.2) is 51.1 Å². The SMILES string of the molecule is CCOCCOc1ccc(C(=O)CCN(C)C)cc1. The van der Waals surface area contributed by atoms with Gasteiger partial charge in [0.25, 0.3) is 0 Å². The molecule has 0 N–H and O–H groups in total. The molecule has 0 heterocycles. The summed E-state index contributed by atoms with van der Waals surface area (Å²) in [6.45, 7) is 4.53. The van der Waals surface area contributed by atoms with Crippen LogP contribution in [0.1, 0.15) is 23.7 Å². The number of carbonyl (C=O) groups is 1. The van der Waals surface area contributed by atoms with Gasteiger partial charge in [-0.25, -0.2) is 0 Å². The van der Waals surface area contributed by atoms with Crippen molar-refractivity contribution in [2.45, 2.75) is 13.3 Å². The molecule has 0 bridgehead atoms. The molecule has 19 heavy (non-hydrogen) atoms. The second-order valence-electron chi connectivity index (χ2n) is 4.55. The average Bonchev–Trinajstić information content (AvgIpc) is 2.41. The summed E-state index contributed by atoms with van der Waals surface area (Å²) in [5.74, 6) is 0.929. The van der Waals surface area contributed by atoms with Crippen molar-refractivity contribution < 1.29 is 14.3 Å². The minimum absolute atomic E-state index is 0.162. The Morgan fingerprint density at radius 1 is 1.16 bits per heavy atom. The maximum absolute atomic E-state index is 11.9. The molecule has 0 amide bonds. The first-order valence-electron chi connectivity index (χ1n) is 6.62. The highest BCUT2D eigenvalue weighted by Gasteiger charge is 2.06. The molecule has 4 nitrogen and oxygen atoms in total. The van der Waals surface area contributed by atoms with Crippen LogP contribution in [0.4, 0.5) is 0 Å². The van der Waals surface area contributed by atoms with Crippen molar-refractivity contribution in [1.82, 2.24) is 4.90 Å². The molecule has 0 atom stereocenters. The van der Waals surface area contributed by atoms with Crippen molar-refractivity contribution in [3.8, 4) is 5.75 Å². The van der Waals surface area contributed by atoms with E-state index in [1.807, 2.05) is 50.2 Å². The lowest BCUT2D eigenvalue weighted by Crippen LogP contribution is -2.16. The van der Waals surface area contributed by atoms with Gasteiger partial charge in [0.05, 0.1) is 6.61 Å². The Morgan fingerprint density at radius 2 is 1.84 bits per heavy atom. The summed E-state index contributed by atoms with van der Waals surface area (Å²) in [6, 6.07) is 7.28. The van der Waals surface area contributed by atoms with E-state index in [-0.39, 0.29) is 5.78 Å². The van der Waals surface area contributed by atoms with Crippen LogP contribution in [0.5, 0.6) is 5.75 Å². The number of rotatable bonds is 9. The zero-order valence-corrected chi connectivity index (χ0v) is 12.0. The van der Waals surface area contributed by atoms with Crippen LogP contribution in [0.3, 0.4) is 0 Å². The quantitative estimate of drug-likeness (QED) is 0.507. The van der Waals surface area contributed by atoms with Crippen LogP contribution in [0.25, 0.3) is 0 Å². The number of ketones is 1. The fraction of sp³-hybridized carbons (Fsp3) is 0.533. The Labute approximate surface area is 115 Å². The highest BCUT2D eigenvalue weighted by molar-refractivity contribution is 5.96. The molecule has 0 aromatic heterocycles. The number of nitrogens with zero attached hydrogens (tertiary/aromatic N) is 1. The van der Waals surface area contributed by atoms with E-state index in [2.05, 4.69) is 0 Å². The van der Waals surface area contributed by atoms with Gasteiger partial charge >= 0.3 is 0 Å². The molecule has 0 aliphatic rings. The lowest BCUT2D eigenvalue weighted by Gasteiger charge is -2.09. The van der Waals surface area contributed by atoms with Gasteiger partial charge in [-0.1, -0.05) is 0 Å². The van der Waals surface area contributed by atoms with Gasteiger partial charge in [0, 0.05) is 25.1 Å². The predicted molar refractivity (Wildman–Crippen MR) is 75.9 cm³/mol. The zero-order valence-electron chi connectivity index (χ0n) is 12.0. The van der Waals surface area contributed by atoms with Gasteiger partial charge in [0.1, 0.15) is 12.4 Å². The Balaban J connectivity index is 2.40.